The van der Waals surface area contributed by atoms with Crippen LogP contribution in [-0.2, 0) is 13.3 Å². The van der Waals surface area contributed by atoms with Crippen molar-refractivity contribution in [1.82, 2.24) is 0 Å². The van der Waals surface area contributed by atoms with Crippen LogP contribution in [0.2, 0.25) is 6.04 Å². The predicted molar refractivity (Wildman–Crippen MR) is 75.0 cm³/mol. The van der Waals surface area contributed by atoms with Crippen LogP contribution >= 0.6 is 0 Å². The van der Waals surface area contributed by atoms with Gasteiger partial charge in [-0.15, -0.1) is 0 Å². The fourth-order valence-corrected chi connectivity index (χ4v) is 3.40. The Balaban J connectivity index is 0. The van der Waals surface area contributed by atoms with E-state index in [0.717, 1.165) is 31.7 Å². The van der Waals surface area contributed by atoms with E-state index in [1.54, 1.807) is 21.3 Å². The highest BCUT2D eigenvalue weighted by molar-refractivity contribution is 6.60. The molecule has 0 aromatic heterocycles. The van der Waals surface area contributed by atoms with Gasteiger partial charge in [0, 0.05) is 33.4 Å². The van der Waals surface area contributed by atoms with Crippen molar-refractivity contribution >= 4 is 19.8 Å². The van der Waals surface area contributed by atoms with Crippen molar-refractivity contribution in [3.8, 4) is 0 Å². The summed E-state index contributed by atoms with van der Waals surface area (Å²) in [5.74, 6) is 0. The summed E-state index contributed by atoms with van der Waals surface area (Å²) >= 11 is 0. The Kier molecular flexibility index (Phi) is 12.1. The predicted octanol–water partition coefficient (Wildman–Crippen LogP) is 0.320. The molecule has 0 amide bonds. The van der Waals surface area contributed by atoms with Crippen LogP contribution < -0.4 is 5.73 Å². The van der Waals surface area contributed by atoms with E-state index in [-0.39, 0.29) is 11.0 Å². The topological polar surface area (TPSA) is 53.7 Å². The third-order valence-electron chi connectivity index (χ3n) is 2.65. The first-order chi connectivity index (χ1) is 7.14. The third kappa shape index (κ3) is 6.77. The number of nitrogens with two attached hydrogens (primary N) is 1. The fourth-order valence-electron chi connectivity index (χ4n) is 1.65. The van der Waals surface area contributed by atoms with Gasteiger partial charge in [-0.3, -0.25) is 0 Å². The van der Waals surface area contributed by atoms with Crippen molar-refractivity contribution in [3.05, 3.63) is 0 Å². The monoisotopic (exact) mass is 267 g/mol. The van der Waals surface area contributed by atoms with Gasteiger partial charge in [0.1, 0.15) is 0 Å². The van der Waals surface area contributed by atoms with Gasteiger partial charge < -0.3 is 19.0 Å². The molecule has 0 aromatic rings. The average molecular weight is 268 g/mol. The molecule has 100 valence electrons. The van der Waals surface area contributed by atoms with Crippen LogP contribution in [0.5, 0.6) is 0 Å². The molecule has 0 heterocycles. The summed E-state index contributed by atoms with van der Waals surface area (Å²) in [4.78, 5) is 0. The lowest BCUT2D eigenvalue weighted by molar-refractivity contribution is 0.122. The largest absolute Gasteiger partial charge is 0.500 e. The molecule has 0 rings (SSSR count). The molecule has 0 aliphatic heterocycles. The summed E-state index contributed by atoms with van der Waals surface area (Å²) in [6.07, 6.45) is 4.24. The summed E-state index contributed by atoms with van der Waals surface area (Å²) in [6.45, 7) is 2.15. The first-order valence-corrected chi connectivity index (χ1v) is 7.48. The van der Waals surface area contributed by atoms with Crippen LogP contribution in [-0.4, -0.2) is 47.1 Å². The van der Waals surface area contributed by atoms with Gasteiger partial charge in [0.15, 0.2) is 0 Å². The summed E-state index contributed by atoms with van der Waals surface area (Å²) in [7, 11) is 2.57. The van der Waals surface area contributed by atoms with Crippen molar-refractivity contribution < 1.29 is 13.3 Å². The molecule has 0 aliphatic rings. The van der Waals surface area contributed by atoms with Crippen molar-refractivity contribution in [2.75, 3.05) is 21.3 Å². The Morgan fingerprint density at radius 3 is 1.94 bits per heavy atom. The van der Waals surface area contributed by atoms with E-state index in [2.05, 4.69) is 6.92 Å². The molecule has 0 saturated heterocycles. The molecule has 2 N–H and O–H groups in total. The Hall–Kier alpha value is 0.274. The molecule has 0 radical (unpaired) electrons. The van der Waals surface area contributed by atoms with E-state index in [1.807, 2.05) is 0 Å². The SMILES string of the molecule is CCCC(N)CCC[Si](OC)(OC)OC.[SiH4]. The summed E-state index contributed by atoms with van der Waals surface area (Å²) in [5.41, 5.74) is 5.93. The van der Waals surface area contributed by atoms with Crippen LogP contribution in [0.4, 0.5) is 0 Å². The lowest BCUT2D eigenvalue weighted by Crippen LogP contribution is -2.42. The zero-order chi connectivity index (χ0) is 11.7. The van der Waals surface area contributed by atoms with Crippen molar-refractivity contribution in [2.45, 2.75) is 44.7 Å². The molecule has 0 saturated carbocycles. The number of hydrogen-bond acceptors (Lipinski definition) is 4. The highest BCUT2D eigenvalue weighted by Gasteiger charge is 2.36. The van der Waals surface area contributed by atoms with Crippen LogP contribution in [0, 0.1) is 0 Å². The van der Waals surface area contributed by atoms with Crippen LogP contribution in [0.3, 0.4) is 0 Å². The van der Waals surface area contributed by atoms with Gasteiger partial charge in [0.25, 0.3) is 0 Å². The molecular formula is C10H29NO3Si2. The maximum atomic E-state index is 5.93. The van der Waals surface area contributed by atoms with Crippen LogP contribution in [0.1, 0.15) is 32.6 Å². The molecule has 1 unspecified atom stereocenters. The van der Waals surface area contributed by atoms with Gasteiger partial charge in [0.2, 0.25) is 0 Å². The minimum Gasteiger partial charge on any atom is -0.377 e. The standard InChI is InChI=1S/C10H25NO3Si.H4Si/c1-5-7-10(11)8-6-9-15(12-2,13-3)14-4;/h10H,5-9,11H2,1-4H3;1H4. The Bertz CT molecular complexity index is 149. The molecule has 1 atom stereocenters. The maximum Gasteiger partial charge on any atom is 0.500 e. The molecule has 0 spiro atoms. The van der Waals surface area contributed by atoms with E-state index in [1.165, 1.54) is 0 Å². The number of rotatable bonds is 9. The third-order valence-corrected chi connectivity index (χ3v) is 5.48. The molecule has 6 heteroatoms. The van der Waals surface area contributed by atoms with Crippen molar-refractivity contribution in [3.63, 3.8) is 0 Å². The van der Waals surface area contributed by atoms with Crippen molar-refractivity contribution in [1.29, 1.82) is 0 Å². The van der Waals surface area contributed by atoms with Crippen LogP contribution in [0.15, 0.2) is 0 Å². The molecule has 16 heavy (non-hydrogen) atoms. The average Bonchev–Trinajstić information content (AvgIpc) is 2.25. The minimum absolute atomic E-state index is 0. The normalized spacial score (nSPS) is 13.3. The summed E-state index contributed by atoms with van der Waals surface area (Å²) in [5, 5.41) is 0. The van der Waals surface area contributed by atoms with Crippen molar-refractivity contribution in [2.24, 2.45) is 5.73 Å². The van der Waals surface area contributed by atoms with E-state index >= 15 is 0 Å². The zero-order valence-corrected chi connectivity index (χ0v) is 11.4. The van der Waals surface area contributed by atoms with E-state index < -0.39 is 8.80 Å². The smallest absolute Gasteiger partial charge is 0.377 e. The second-order valence-corrected chi connectivity index (χ2v) is 6.83. The quantitative estimate of drug-likeness (QED) is 0.611. The van der Waals surface area contributed by atoms with Gasteiger partial charge in [-0.05, 0) is 30.2 Å². The first-order valence-electron chi connectivity index (χ1n) is 5.55. The number of hydrogen-bond donors (Lipinski definition) is 1. The molecule has 0 fully saturated rings. The van der Waals surface area contributed by atoms with E-state index in [4.69, 9.17) is 19.0 Å². The fraction of sp³-hybridized carbons (Fsp3) is 1.00. The molecule has 4 nitrogen and oxygen atoms in total. The molecular weight excluding hydrogens is 238 g/mol. The summed E-state index contributed by atoms with van der Waals surface area (Å²) in [6, 6.07) is 1.14. The second kappa shape index (κ2) is 10.4. The van der Waals surface area contributed by atoms with Gasteiger partial charge >= 0.3 is 8.80 Å². The Labute approximate surface area is 105 Å². The zero-order valence-electron chi connectivity index (χ0n) is 10.4. The van der Waals surface area contributed by atoms with Gasteiger partial charge in [0.05, 0.1) is 0 Å². The molecule has 0 bridgehead atoms. The Morgan fingerprint density at radius 2 is 1.56 bits per heavy atom. The molecule has 0 aromatic carbocycles. The lowest BCUT2D eigenvalue weighted by Gasteiger charge is -2.24. The van der Waals surface area contributed by atoms with Gasteiger partial charge in [-0.1, -0.05) is 13.3 Å². The first kappa shape index (κ1) is 18.6. The van der Waals surface area contributed by atoms with E-state index in [9.17, 15) is 0 Å². The summed E-state index contributed by atoms with van der Waals surface area (Å²) < 4.78 is 16.0. The maximum absolute atomic E-state index is 5.93. The minimum atomic E-state index is -2.36. The highest BCUT2D eigenvalue weighted by Crippen LogP contribution is 2.17. The van der Waals surface area contributed by atoms with Gasteiger partial charge in [-0.25, -0.2) is 0 Å². The molecule has 0 aliphatic carbocycles. The van der Waals surface area contributed by atoms with Crippen LogP contribution in [0.25, 0.3) is 0 Å². The highest BCUT2D eigenvalue weighted by atomic mass is 28.4. The Morgan fingerprint density at radius 1 is 1.06 bits per heavy atom. The van der Waals surface area contributed by atoms with Gasteiger partial charge in [-0.2, -0.15) is 0 Å². The lowest BCUT2D eigenvalue weighted by atomic mass is 10.1. The second-order valence-electron chi connectivity index (χ2n) is 3.74. The van der Waals surface area contributed by atoms with E-state index in [0.29, 0.717) is 6.04 Å².